The second-order valence-corrected chi connectivity index (χ2v) is 8.28. The molecule has 0 radical (unpaired) electrons. The summed E-state index contributed by atoms with van der Waals surface area (Å²) in [6.07, 6.45) is 8.50. The molecule has 1 fully saturated rings. The van der Waals surface area contributed by atoms with Crippen molar-refractivity contribution in [1.82, 2.24) is 4.90 Å². The molecule has 2 aromatic carbocycles. The van der Waals surface area contributed by atoms with Gasteiger partial charge >= 0.3 is 0 Å². The Hall–Kier alpha value is -4.24. The SMILES string of the molecule is COc1cc(/C=C2\S/C(=N/N=C\C=C\c3ccccc3)N(Cc3ccco3)C2=O)cc(OC)c1O. The number of amidine groups is 1. The molecular weight excluding hydrogens is 466 g/mol. The van der Waals surface area contributed by atoms with Crippen molar-refractivity contribution >= 4 is 41.2 Å². The summed E-state index contributed by atoms with van der Waals surface area (Å²) < 4.78 is 15.9. The smallest absolute Gasteiger partial charge is 0.267 e. The van der Waals surface area contributed by atoms with Gasteiger partial charge in [0, 0.05) is 6.21 Å². The van der Waals surface area contributed by atoms with Crippen molar-refractivity contribution in [1.29, 1.82) is 0 Å². The highest BCUT2D eigenvalue weighted by molar-refractivity contribution is 8.18. The van der Waals surface area contributed by atoms with Gasteiger partial charge in [0.15, 0.2) is 16.7 Å². The van der Waals surface area contributed by atoms with Gasteiger partial charge in [-0.3, -0.25) is 9.69 Å². The Labute approximate surface area is 206 Å². The minimum absolute atomic E-state index is 0.109. The van der Waals surface area contributed by atoms with Gasteiger partial charge < -0.3 is 19.0 Å². The van der Waals surface area contributed by atoms with Crippen LogP contribution in [-0.2, 0) is 11.3 Å². The first-order valence-electron chi connectivity index (χ1n) is 10.6. The molecule has 8 nitrogen and oxygen atoms in total. The number of phenols is 1. The molecule has 178 valence electrons. The second kappa shape index (κ2) is 11.3. The Morgan fingerprint density at radius 2 is 1.80 bits per heavy atom. The van der Waals surface area contributed by atoms with Gasteiger partial charge in [0.2, 0.25) is 5.75 Å². The summed E-state index contributed by atoms with van der Waals surface area (Å²) in [5.74, 6) is 0.743. The van der Waals surface area contributed by atoms with Gasteiger partial charge in [-0.05, 0) is 59.3 Å². The van der Waals surface area contributed by atoms with Crippen molar-refractivity contribution in [3.63, 3.8) is 0 Å². The van der Waals surface area contributed by atoms with Crippen LogP contribution in [0.5, 0.6) is 17.2 Å². The van der Waals surface area contributed by atoms with E-state index in [1.165, 1.54) is 30.9 Å². The standard InChI is InChI=1S/C26H23N3O5S/c1-32-21-14-19(15-22(33-2)24(21)30)16-23-25(31)29(17-20-11-7-13-34-20)26(35-23)28-27-12-6-10-18-8-4-3-5-9-18/h3-16,30H,17H2,1-2H3/b10-6+,23-16-,27-12-,28-26+. The van der Waals surface area contributed by atoms with Crippen LogP contribution in [0.4, 0.5) is 0 Å². The number of ether oxygens (including phenoxy) is 2. The summed E-state index contributed by atoms with van der Waals surface area (Å²) in [6.45, 7) is 0.215. The molecule has 0 saturated carbocycles. The van der Waals surface area contributed by atoms with Gasteiger partial charge in [0.05, 0.1) is 31.9 Å². The van der Waals surface area contributed by atoms with Crippen molar-refractivity contribution < 1.29 is 23.8 Å². The average molecular weight is 490 g/mol. The molecule has 0 aliphatic carbocycles. The Morgan fingerprint density at radius 3 is 2.46 bits per heavy atom. The molecule has 0 spiro atoms. The summed E-state index contributed by atoms with van der Waals surface area (Å²) in [5.41, 5.74) is 1.67. The highest BCUT2D eigenvalue weighted by Crippen LogP contribution is 2.39. The summed E-state index contributed by atoms with van der Waals surface area (Å²) in [7, 11) is 2.89. The van der Waals surface area contributed by atoms with E-state index in [0.717, 1.165) is 5.56 Å². The fourth-order valence-corrected chi connectivity index (χ4v) is 4.20. The fraction of sp³-hybridized carbons (Fsp3) is 0.115. The number of thioether (sulfide) groups is 1. The maximum absolute atomic E-state index is 13.2. The number of carbonyl (C=O) groups is 1. The van der Waals surface area contributed by atoms with Crippen LogP contribution in [0.1, 0.15) is 16.9 Å². The van der Waals surface area contributed by atoms with E-state index in [0.29, 0.717) is 21.4 Å². The Balaban J connectivity index is 1.60. The first-order valence-corrected chi connectivity index (χ1v) is 11.4. The van der Waals surface area contributed by atoms with Crippen LogP contribution in [0, 0.1) is 0 Å². The summed E-state index contributed by atoms with van der Waals surface area (Å²) in [4.78, 5) is 15.2. The second-order valence-electron chi connectivity index (χ2n) is 7.27. The van der Waals surface area contributed by atoms with Gasteiger partial charge in [0.25, 0.3) is 5.91 Å². The van der Waals surface area contributed by atoms with Crippen LogP contribution in [0.15, 0.2) is 86.5 Å². The van der Waals surface area contributed by atoms with Crippen LogP contribution in [0.2, 0.25) is 0 Å². The fourth-order valence-electron chi connectivity index (χ4n) is 3.27. The monoisotopic (exact) mass is 489 g/mol. The minimum atomic E-state index is -0.244. The zero-order valence-electron chi connectivity index (χ0n) is 19.1. The molecule has 4 rings (SSSR count). The number of hydrogen-bond donors (Lipinski definition) is 1. The average Bonchev–Trinajstić information content (AvgIpc) is 3.49. The molecule has 3 aromatic rings. The van der Waals surface area contributed by atoms with Crippen molar-refractivity contribution in [2.24, 2.45) is 10.2 Å². The lowest BCUT2D eigenvalue weighted by molar-refractivity contribution is -0.122. The highest BCUT2D eigenvalue weighted by Gasteiger charge is 2.34. The van der Waals surface area contributed by atoms with Gasteiger partial charge in [-0.2, -0.15) is 5.10 Å². The first kappa shape index (κ1) is 23.9. The third-order valence-electron chi connectivity index (χ3n) is 4.97. The number of rotatable bonds is 8. The van der Waals surface area contributed by atoms with Crippen molar-refractivity contribution in [3.05, 3.63) is 88.7 Å². The predicted octanol–water partition coefficient (Wildman–Crippen LogP) is 5.17. The van der Waals surface area contributed by atoms with Crippen LogP contribution in [0.3, 0.4) is 0 Å². The number of nitrogens with zero attached hydrogens (tertiary/aromatic N) is 3. The Bertz CT molecular complexity index is 1270. The highest BCUT2D eigenvalue weighted by atomic mass is 32.2. The van der Waals surface area contributed by atoms with Gasteiger partial charge in [-0.25, -0.2) is 0 Å². The third kappa shape index (κ3) is 5.82. The molecule has 1 aromatic heterocycles. The molecule has 0 bridgehead atoms. The van der Waals surface area contributed by atoms with E-state index in [4.69, 9.17) is 13.9 Å². The largest absolute Gasteiger partial charge is 0.502 e. The number of phenolic OH excluding ortho intramolecular Hbond substituents is 1. The van der Waals surface area contributed by atoms with Crippen molar-refractivity contribution in [3.8, 4) is 17.2 Å². The molecule has 9 heteroatoms. The number of amides is 1. The van der Waals surface area contributed by atoms with E-state index in [1.807, 2.05) is 36.4 Å². The Kier molecular flexibility index (Phi) is 7.69. The van der Waals surface area contributed by atoms with E-state index in [-0.39, 0.29) is 29.7 Å². The molecular formula is C26H23N3O5S. The maximum atomic E-state index is 13.2. The summed E-state index contributed by atoms with van der Waals surface area (Å²) in [6, 6.07) is 16.6. The number of furan rings is 1. The lowest BCUT2D eigenvalue weighted by Crippen LogP contribution is -2.28. The van der Waals surface area contributed by atoms with Gasteiger partial charge in [-0.15, -0.1) is 5.10 Å². The number of methoxy groups -OCH3 is 2. The number of aromatic hydroxyl groups is 1. The number of hydrogen-bond acceptors (Lipinski definition) is 8. The zero-order chi connectivity index (χ0) is 24.6. The normalized spacial score (nSPS) is 16.3. The molecule has 1 N–H and O–H groups in total. The van der Waals surface area contributed by atoms with Gasteiger partial charge in [0.1, 0.15) is 5.76 Å². The van der Waals surface area contributed by atoms with E-state index >= 15 is 0 Å². The molecule has 0 atom stereocenters. The lowest BCUT2D eigenvalue weighted by Gasteiger charge is -2.12. The van der Waals surface area contributed by atoms with E-state index in [9.17, 15) is 9.90 Å². The molecule has 1 aliphatic heterocycles. The summed E-state index contributed by atoms with van der Waals surface area (Å²) >= 11 is 1.19. The quantitative estimate of drug-likeness (QED) is 0.266. The zero-order valence-corrected chi connectivity index (χ0v) is 19.9. The predicted molar refractivity (Wildman–Crippen MR) is 137 cm³/mol. The molecule has 1 amide bonds. The van der Waals surface area contributed by atoms with Gasteiger partial charge in [-0.1, -0.05) is 36.4 Å². The Morgan fingerprint density at radius 1 is 1.06 bits per heavy atom. The summed E-state index contributed by atoms with van der Waals surface area (Å²) in [5, 5.41) is 19.0. The van der Waals surface area contributed by atoms with Crippen LogP contribution in [-0.4, -0.2) is 41.5 Å². The molecule has 35 heavy (non-hydrogen) atoms. The van der Waals surface area contributed by atoms with E-state index < -0.39 is 0 Å². The molecule has 2 heterocycles. The topological polar surface area (TPSA) is 96.9 Å². The van der Waals surface area contributed by atoms with Crippen molar-refractivity contribution in [2.45, 2.75) is 6.54 Å². The maximum Gasteiger partial charge on any atom is 0.267 e. The van der Waals surface area contributed by atoms with Crippen LogP contribution in [0.25, 0.3) is 12.2 Å². The molecule has 1 aliphatic rings. The van der Waals surface area contributed by atoms with E-state index in [1.54, 1.807) is 48.9 Å². The van der Waals surface area contributed by atoms with E-state index in [2.05, 4.69) is 10.2 Å². The first-order chi connectivity index (χ1) is 17.1. The molecule has 0 unspecified atom stereocenters. The number of allylic oxidation sites excluding steroid dienone is 1. The number of benzene rings is 2. The lowest BCUT2D eigenvalue weighted by atomic mass is 10.1. The molecule has 1 saturated heterocycles. The minimum Gasteiger partial charge on any atom is -0.502 e. The number of carbonyl (C=O) groups excluding carboxylic acids is 1. The van der Waals surface area contributed by atoms with Crippen molar-refractivity contribution in [2.75, 3.05) is 14.2 Å². The third-order valence-corrected chi connectivity index (χ3v) is 5.96. The van der Waals surface area contributed by atoms with Crippen LogP contribution < -0.4 is 9.47 Å². The van der Waals surface area contributed by atoms with Crippen LogP contribution >= 0.6 is 11.8 Å².